The zero-order valence-corrected chi connectivity index (χ0v) is 15.5. The van der Waals surface area contributed by atoms with Gasteiger partial charge in [-0.05, 0) is 24.6 Å². The molecule has 1 aromatic carbocycles. The summed E-state index contributed by atoms with van der Waals surface area (Å²) in [7, 11) is 1.69. The number of benzene rings is 1. The predicted octanol–water partition coefficient (Wildman–Crippen LogP) is 3.17. The Labute approximate surface area is 153 Å². The number of halogens is 1. The first-order chi connectivity index (χ1) is 10.6. The zero-order chi connectivity index (χ0) is 15.6. The summed E-state index contributed by atoms with van der Waals surface area (Å²) in [5.41, 5.74) is 7.14. The lowest BCUT2D eigenvalue weighted by Gasteiger charge is -2.14. The number of aromatic nitrogens is 1. The van der Waals surface area contributed by atoms with Crippen LogP contribution in [0.4, 0.5) is 5.82 Å². The SMILES string of the molecule is COc1ccccc1C1(C)CC1N=C(N)Nc1ccccn1.I. The molecule has 1 heterocycles. The van der Waals surface area contributed by atoms with Crippen molar-refractivity contribution in [3.63, 3.8) is 0 Å². The topological polar surface area (TPSA) is 72.5 Å². The molecule has 2 unspecified atom stereocenters. The van der Waals surface area contributed by atoms with Crippen LogP contribution in [0.15, 0.2) is 53.7 Å². The summed E-state index contributed by atoms with van der Waals surface area (Å²) >= 11 is 0. The number of nitrogens with one attached hydrogen (secondary N) is 1. The van der Waals surface area contributed by atoms with Gasteiger partial charge in [-0.3, -0.25) is 0 Å². The lowest BCUT2D eigenvalue weighted by Crippen LogP contribution is -2.24. The maximum atomic E-state index is 5.98. The van der Waals surface area contributed by atoms with E-state index in [2.05, 4.69) is 28.3 Å². The Kier molecular flexibility index (Phi) is 5.46. The van der Waals surface area contributed by atoms with Crippen molar-refractivity contribution in [1.29, 1.82) is 0 Å². The summed E-state index contributed by atoms with van der Waals surface area (Å²) < 4.78 is 5.46. The summed E-state index contributed by atoms with van der Waals surface area (Å²) in [6.45, 7) is 2.19. The van der Waals surface area contributed by atoms with Crippen molar-refractivity contribution in [3.05, 3.63) is 54.2 Å². The highest BCUT2D eigenvalue weighted by Crippen LogP contribution is 2.52. The summed E-state index contributed by atoms with van der Waals surface area (Å²) in [4.78, 5) is 8.75. The number of anilines is 1. The van der Waals surface area contributed by atoms with Crippen LogP contribution in [0.1, 0.15) is 18.9 Å². The standard InChI is InChI=1S/C17H20N4O.HI/c1-17(12-7-3-4-8-13(12)22-2)11-14(17)20-16(18)21-15-9-5-6-10-19-15;/h3-10,14H,11H2,1-2H3,(H3,18,19,20,21);1H. The van der Waals surface area contributed by atoms with Crippen LogP contribution in [0.5, 0.6) is 5.75 Å². The molecule has 6 heteroatoms. The molecule has 5 nitrogen and oxygen atoms in total. The number of nitrogens with two attached hydrogens (primary N) is 1. The molecule has 1 aliphatic rings. The van der Waals surface area contributed by atoms with E-state index < -0.39 is 0 Å². The van der Waals surface area contributed by atoms with E-state index in [9.17, 15) is 0 Å². The Bertz CT molecular complexity index is 692. The Balaban J connectivity index is 0.00000192. The van der Waals surface area contributed by atoms with E-state index in [0.717, 1.165) is 12.2 Å². The number of pyridine rings is 1. The second kappa shape index (κ2) is 7.16. The van der Waals surface area contributed by atoms with E-state index >= 15 is 0 Å². The lowest BCUT2D eigenvalue weighted by atomic mass is 9.96. The Hall–Kier alpha value is -1.83. The lowest BCUT2D eigenvalue weighted by molar-refractivity contribution is 0.405. The molecule has 1 saturated carbocycles. The van der Waals surface area contributed by atoms with Crippen LogP contribution >= 0.6 is 24.0 Å². The second-order valence-electron chi connectivity index (χ2n) is 5.69. The molecule has 3 rings (SSSR count). The van der Waals surface area contributed by atoms with Gasteiger partial charge in [-0.15, -0.1) is 24.0 Å². The van der Waals surface area contributed by atoms with Crippen LogP contribution in [0.3, 0.4) is 0 Å². The Morgan fingerprint density at radius 1 is 1.30 bits per heavy atom. The molecule has 0 spiro atoms. The van der Waals surface area contributed by atoms with Crippen molar-refractivity contribution in [2.24, 2.45) is 10.7 Å². The molecule has 1 aliphatic carbocycles. The van der Waals surface area contributed by atoms with Gasteiger partial charge in [0.1, 0.15) is 11.6 Å². The van der Waals surface area contributed by atoms with Crippen LogP contribution in [0, 0.1) is 0 Å². The number of hydrogen-bond donors (Lipinski definition) is 2. The summed E-state index contributed by atoms with van der Waals surface area (Å²) in [6, 6.07) is 13.8. The van der Waals surface area contributed by atoms with Gasteiger partial charge in [0.25, 0.3) is 0 Å². The quantitative estimate of drug-likeness (QED) is 0.450. The van der Waals surface area contributed by atoms with Gasteiger partial charge in [0, 0.05) is 17.2 Å². The van der Waals surface area contributed by atoms with Crippen molar-refractivity contribution in [2.75, 3.05) is 12.4 Å². The smallest absolute Gasteiger partial charge is 0.194 e. The maximum Gasteiger partial charge on any atom is 0.194 e. The van der Waals surface area contributed by atoms with Gasteiger partial charge in [0.05, 0.1) is 13.2 Å². The van der Waals surface area contributed by atoms with Crippen LogP contribution < -0.4 is 15.8 Å². The molecule has 0 amide bonds. The van der Waals surface area contributed by atoms with Gasteiger partial charge < -0.3 is 15.8 Å². The number of rotatable bonds is 4. The van der Waals surface area contributed by atoms with Crippen molar-refractivity contribution < 1.29 is 4.74 Å². The van der Waals surface area contributed by atoms with E-state index in [4.69, 9.17) is 10.5 Å². The largest absolute Gasteiger partial charge is 0.496 e. The summed E-state index contributed by atoms with van der Waals surface area (Å²) in [5.74, 6) is 1.99. The molecular weight excluding hydrogens is 403 g/mol. The molecule has 0 bridgehead atoms. The minimum absolute atomic E-state index is 0. The van der Waals surface area contributed by atoms with Gasteiger partial charge in [0.15, 0.2) is 5.96 Å². The minimum Gasteiger partial charge on any atom is -0.496 e. The third-order valence-corrected chi connectivity index (χ3v) is 4.13. The molecule has 2 aromatic rings. The average Bonchev–Trinajstić information content (AvgIpc) is 3.19. The number of para-hydroxylation sites is 1. The Morgan fingerprint density at radius 2 is 2.04 bits per heavy atom. The first-order valence-electron chi connectivity index (χ1n) is 7.28. The fraction of sp³-hybridized carbons (Fsp3) is 0.294. The van der Waals surface area contributed by atoms with E-state index in [0.29, 0.717) is 11.8 Å². The molecule has 3 N–H and O–H groups in total. The molecule has 1 aromatic heterocycles. The van der Waals surface area contributed by atoms with Crippen LogP contribution in [0.25, 0.3) is 0 Å². The number of methoxy groups -OCH3 is 1. The van der Waals surface area contributed by atoms with E-state index in [-0.39, 0.29) is 35.4 Å². The molecule has 23 heavy (non-hydrogen) atoms. The highest BCUT2D eigenvalue weighted by molar-refractivity contribution is 14.0. The van der Waals surface area contributed by atoms with Crippen molar-refractivity contribution in [1.82, 2.24) is 4.98 Å². The van der Waals surface area contributed by atoms with Crippen LogP contribution in [-0.2, 0) is 5.41 Å². The van der Waals surface area contributed by atoms with Crippen molar-refractivity contribution >= 4 is 35.8 Å². The number of hydrogen-bond acceptors (Lipinski definition) is 3. The highest BCUT2D eigenvalue weighted by Gasteiger charge is 2.53. The highest BCUT2D eigenvalue weighted by atomic mass is 127. The number of nitrogens with zero attached hydrogens (tertiary/aromatic N) is 2. The first-order valence-corrected chi connectivity index (χ1v) is 7.28. The van der Waals surface area contributed by atoms with Crippen molar-refractivity contribution in [3.8, 4) is 5.75 Å². The third kappa shape index (κ3) is 3.74. The van der Waals surface area contributed by atoms with Crippen molar-refractivity contribution in [2.45, 2.75) is 24.8 Å². The monoisotopic (exact) mass is 424 g/mol. The number of guanidine groups is 1. The molecular formula is C17H21IN4O. The molecule has 0 radical (unpaired) electrons. The summed E-state index contributed by atoms with van der Waals surface area (Å²) in [5, 5.41) is 3.02. The van der Waals surface area contributed by atoms with Gasteiger partial charge in [-0.25, -0.2) is 9.98 Å². The predicted molar refractivity (Wildman–Crippen MR) is 104 cm³/mol. The van der Waals surface area contributed by atoms with Crippen LogP contribution in [-0.4, -0.2) is 24.1 Å². The zero-order valence-electron chi connectivity index (χ0n) is 13.2. The molecule has 0 aliphatic heterocycles. The first kappa shape index (κ1) is 17.5. The maximum absolute atomic E-state index is 5.98. The Morgan fingerprint density at radius 3 is 2.74 bits per heavy atom. The molecule has 2 atom stereocenters. The van der Waals surface area contributed by atoms with Gasteiger partial charge >= 0.3 is 0 Å². The normalized spacial score (nSPS) is 22.9. The molecule has 1 fully saturated rings. The minimum atomic E-state index is -0.0248. The van der Waals surface area contributed by atoms with Gasteiger partial charge in [-0.1, -0.05) is 31.2 Å². The van der Waals surface area contributed by atoms with E-state index in [1.807, 2.05) is 36.4 Å². The molecule has 122 valence electrons. The average molecular weight is 424 g/mol. The van der Waals surface area contributed by atoms with Crippen LogP contribution in [0.2, 0.25) is 0 Å². The van der Waals surface area contributed by atoms with E-state index in [1.54, 1.807) is 13.3 Å². The summed E-state index contributed by atoms with van der Waals surface area (Å²) in [6.07, 6.45) is 2.67. The van der Waals surface area contributed by atoms with Gasteiger partial charge in [0.2, 0.25) is 0 Å². The van der Waals surface area contributed by atoms with E-state index in [1.165, 1.54) is 5.56 Å². The third-order valence-electron chi connectivity index (χ3n) is 4.13. The molecule has 0 saturated heterocycles. The number of ether oxygens (including phenoxy) is 1. The second-order valence-corrected chi connectivity index (χ2v) is 5.69. The number of aliphatic imine (C=N–C) groups is 1. The fourth-order valence-electron chi connectivity index (χ4n) is 2.70. The fourth-order valence-corrected chi connectivity index (χ4v) is 2.70. The van der Waals surface area contributed by atoms with Gasteiger partial charge in [-0.2, -0.15) is 0 Å².